The van der Waals surface area contributed by atoms with Gasteiger partial charge in [0.05, 0.1) is 0 Å². The maximum absolute atomic E-state index is 12.1. The molecule has 5 nitrogen and oxygen atoms in total. The number of amides is 1. The molecule has 1 N–H and O–H groups in total. The number of hydrogen-bond donors (Lipinski definition) is 1. The minimum absolute atomic E-state index is 0.124. The molecule has 0 fully saturated rings. The van der Waals surface area contributed by atoms with E-state index in [2.05, 4.69) is 15.5 Å². The average Bonchev–Trinajstić information content (AvgIpc) is 3.06. The number of rotatable bonds is 5. The van der Waals surface area contributed by atoms with Gasteiger partial charge in [-0.25, -0.2) is 0 Å². The van der Waals surface area contributed by atoms with Crippen LogP contribution in [0.5, 0.6) is 0 Å². The number of carbonyl (C=O) groups excluding carboxylic acids is 1. The van der Waals surface area contributed by atoms with Gasteiger partial charge < -0.3 is 9.84 Å². The summed E-state index contributed by atoms with van der Waals surface area (Å²) in [5, 5.41) is 7.48. The highest BCUT2D eigenvalue weighted by Gasteiger charge is 2.13. The lowest BCUT2D eigenvalue weighted by Gasteiger charge is -2.08. The van der Waals surface area contributed by atoms with Gasteiger partial charge in [0.1, 0.15) is 0 Å². The molecule has 0 aliphatic rings. The van der Waals surface area contributed by atoms with Gasteiger partial charge in [-0.15, -0.1) is 0 Å². The van der Waals surface area contributed by atoms with Gasteiger partial charge in [0.25, 0.3) is 0 Å². The molecule has 3 aromatic rings. The maximum Gasteiger partial charge on any atom is 0.227 e. The van der Waals surface area contributed by atoms with Crippen molar-refractivity contribution in [2.24, 2.45) is 0 Å². The van der Waals surface area contributed by atoms with Crippen molar-refractivity contribution < 1.29 is 9.32 Å². The van der Waals surface area contributed by atoms with Gasteiger partial charge in [0.15, 0.2) is 0 Å². The minimum Gasteiger partial charge on any atom is -0.339 e. The quantitative estimate of drug-likeness (QED) is 0.727. The fourth-order valence-corrected chi connectivity index (χ4v) is 2.64. The lowest BCUT2D eigenvalue weighted by atomic mass is 10.1. The number of anilines is 1. The van der Waals surface area contributed by atoms with Crippen molar-refractivity contribution in [1.82, 2.24) is 10.1 Å². The number of aryl methyl sites for hydroxylation is 2. The number of benzene rings is 2. The number of carbonyl (C=O) groups is 1. The molecule has 128 valence electrons. The zero-order valence-corrected chi connectivity index (χ0v) is 14.8. The van der Waals surface area contributed by atoms with Crippen LogP contribution in [0.3, 0.4) is 0 Å². The molecule has 0 aliphatic carbocycles. The Bertz CT molecular complexity index is 905. The second kappa shape index (κ2) is 7.49. The van der Waals surface area contributed by atoms with Gasteiger partial charge in [-0.05, 0) is 37.1 Å². The van der Waals surface area contributed by atoms with Crippen molar-refractivity contribution in [2.75, 3.05) is 5.32 Å². The van der Waals surface area contributed by atoms with Crippen LogP contribution in [0.1, 0.15) is 23.4 Å². The van der Waals surface area contributed by atoms with E-state index in [0.717, 1.165) is 16.7 Å². The smallest absolute Gasteiger partial charge is 0.227 e. The molecule has 25 heavy (non-hydrogen) atoms. The number of aromatic nitrogens is 2. The minimum atomic E-state index is -0.124. The predicted octanol–water partition coefficient (Wildman–Crippen LogP) is 4.58. The molecule has 0 radical (unpaired) electrons. The monoisotopic (exact) mass is 355 g/mol. The number of nitrogens with one attached hydrogen (secondary N) is 1. The predicted molar refractivity (Wildman–Crippen MR) is 97.6 cm³/mol. The number of nitrogens with zero attached hydrogens (tertiary/aromatic N) is 2. The molecule has 1 heterocycles. The fraction of sp³-hybridized carbons (Fsp3) is 0.211. The summed E-state index contributed by atoms with van der Waals surface area (Å²) >= 11 is 6.06. The standard InChI is InChI=1S/C19H18ClN3O2/c1-12-6-3-4-7-14(12)19-22-18(25-23-19)11-10-17(24)21-16-9-5-8-15(20)13(16)2/h3-9H,10-11H2,1-2H3,(H,21,24). The molecule has 0 spiro atoms. The molecule has 0 unspecified atom stereocenters. The summed E-state index contributed by atoms with van der Waals surface area (Å²) in [6, 6.07) is 13.2. The molecule has 2 aromatic carbocycles. The van der Waals surface area contributed by atoms with E-state index in [1.54, 1.807) is 12.1 Å². The van der Waals surface area contributed by atoms with Crippen molar-refractivity contribution in [3.63, 3.8) is 0 Å². The first-order valence-corrected chi connectivity index (χ1v) is 8.36. The first-order chi connectivity index (χ1) is 12.0. The summed E-state index contributed by atoms with van der Waals surface area (Å²) in [6.45, 7) is 3.86. The van der Waals surface area contributed by atoms with Crippen molar-refractivity contribution in [2.45, 2.75) is 26.7 Å². The summed E-state index contributed by atoms with van der Waals surface area (Å²) in [7, 11) is 0. The molecule has 0 saturated carbocycles. The van der Waals surface area contributed by atoms with E-state index >= 15 is 0 Å². The summed E-state index contributed by atoms with van der Waals surface area (Å²) in [5.74, 6) is 0.858. The number of halogens is 1. The van der Waals surface area contributed by atoms with E-state index in [1.165, 1.54) is 0 Å². The molecule has 0 aliphatic heterocycles. The van der Waals surface area contributed by atoms with Crippen molar-refractivity contribution in [3.8, 4) is 11.4 Å². The van der Waals surface area contributed by atoms with Crippen molar-refractivity contribution >= 4 is 23.2 Å². The Labute approximate surface area is 151 Å². The zero-order chi connectivity index (χ0) is 17.8. The molecule has 3 rings (SSSR count). The first-order valence-electron chi connectivity index (χ1n) is 7.98. The largest absolute Gasteiger partial charge is 0.339 e. The average molecular weight is 356 g/mol. The molecule has 1 aromatic heterocycles. The molecule has 0 saturated heterocycles. The third-order valence-corrected chi connectivity index (χ3v) is 4.37. The van der Waals surface area contributed by atoms with E-state index in [0.29, 0.717) is 28.8 Å². The Balaban J connectivity index is 1.62. The summed E-state index contributed by atoms with van der Waals surface area (Å²) in [5.41, 5.74) is 3.56. The van der Waals surface area contributed by atoms with Crippen LogP contribution in [0.15, 0.2) is 47.0 Å². The second-order valence-corrected chi connectivity index (χ2v) is 6.19. The van der Waals surface area contributed by atoms with Crippen LogP contribution in [0.25, 0.3) is 11.4 Å². The van der Waals surface area contributed by atoms with Crippen LogP contribution >= 0.6 is 11.6 Å². The maximum atomic E-state index is 12.1. The van der Waals surface area contributed by atoms with Gasteiger partial charge in [-0.3, -0.25) is 4.79 Å². The lowest BCUT2D eigenvalue weighted by molar-refractivity contribution is -0.116. The SMILES string of the molecule is Cc1ccccc1-c1noc(CCC(=O)Nc2cccc(Cl)c2C)n1. The highest BCUT2D eigenvalue weighted by molar-refractivity contribution is 6.31. The van der Waals surface area contributed by atoms with Gasteiger partial charge in [-0.2, -0.15) is 4.98 Å². The van der Waals surface area contributed by atoms with Crippen LogP contribution in [-0.2, 0) is 11.2 Å². The van der Waals surface area contributed by atoms with E-state index < -0.39 is 0 Å². The molecule has 1 amide bonds. The van der Waals surface area contributed by atoms with Gasteiger partial charge in [0.2, 0.25) is 17.6 Å². The summed E-state index contributed by atoms with van der Waals surface area (Å²) in [6.07, 6.45) is 0.631. The van der Waals surface area contributed by atoms with Crippen LogP contribution in [0.4, 0.5) is 5.69 Å². The molecule has 0 bridgehead atoms. The van der Waals surface area contributed by atoms with E-state index in [1.807, 2.05) is 44.2 Å². The highest BCUT2D eigenvalue weighted by atomic mass is 35.5. The number of hydrogen-bond acceptors (Lipinski definition) is 4. The third-order valence-electron chi connectivity index (χ3n) is 3.96. The third kappa shape index (κ3) is 4.06. The van der Waals surface area contributed by atoms with E-state index in [9.17, 15) is 4.79 Å². The Morgan fingerprint density at radius 1 is 1.16 bits per heavy atom. The van der Waals surface area contributed by atoms with Gasteiger partial charge >= 0.3 is 0 Å². The Morgan fingerprint density at radius 2 is 1.96 bits per heavy atom. The van der Waals surface area contributed by atoms with Crippen LogP contribution in [-0.4, -0.2) is 16.0 Å². The normalized spacial score (nSPS) is 10.7. The van der Waals surface area contributed by atoms with Crippen LogP contribution in [0, 0.1) is 13.8 Å². The van der Waals surface area contributed by atoms with Crippen LogP contribution < -0.4 is 5.32 Å². The van der Waals surface area contributed by atoms with Crippen molar-refractivity contribution in [1.29, 1.82) is 0 Å². The Morgan fingerprint density at radius 3 is 2.76 bits per heavy atom. The Hall–Kier alpha value is -2.66. The Kier molecular flexibility index (Phi) is 5.14. The molecular formula is C19H18ClN3O2. The molecule has 6 heteroatoms. The summed E-state index contributed by atoms with van der Waals surface area (Å²) in [4.78, 5) is 16.5. The van der Waals surface area contributed by atoms with E-state index in [-0.39, 0.29) is 12.3 Å². The first kappa shape index (κ1) is 17.2. The second-order valence-electron chi connectivity index (χ2n) is 5.79. The summed E-state index contributed by atoms with van der Waals surface area (Å²) < 4.78 is 5.26. The highest BCUT2D eigenvalue weighted by Crippen LogP contribution is 2.23. The van der Waals surface area contributed by atoms with Crippen LogP contribution in [0.2, 0.25) is 5.02 Å². The fourth-order valence-electron chi connectivity index (χ4n) is 2.47. The van der Waals surface area contributed by atoms with Gasteiger partial charge in [0, 0.05) is 29.1 Å². The van der Waals surface area contributed by atoms with Crippen molar-refractivity contribution in [3.05, 3.63) is 64.5 Å². The zero-order valence-electron chi connectivity index (χ0n) is 14.0. The molecule has 0 atom stereocenters. The van der Waals surface area contributed by atoms with E-state index in [4.69, 9.17) is 16.1 Å². The molecular weight excluding hydrogens is 338 g/mol. The van der Waals surface area contributed by atoms with Gasteiger partial charge in [-0.1, -0.05) is 47.1 Å². The topological polar surface area (TPSA) is 68.0 Å². The lowest BCUT2D eigenvalue weighted by Crippen LogP contribution is -2.13.